The van der Waals surface area contributed by atoms with Crippen LogP contribution in [-0.2, 0) is 14.6 Å². The zero-order valence-corrected chi connectivity index (χ0v) is 17.9. The monoisotopic (exact) mass is 415 g/mol. The highest BCUT2D eigenvalue weighted by molar-refractivity contribution is 7.91. The van der Waals surface area contributed by atoms with Crippen LogP contribution in [0.2, 0.25) is 0 Å². The van der Waals surface area contributed by atoms with Crippen molar-refractivity contribution in [2.75, 3.05) is 10.7 Å². The Balaban J connectivity index is 1.79. The van der Waals surface area contributed by atoms with E-state index in [1.165, 1.54) is 6.42 Å². The summed E-state index contributed by atoms with van der Waals surface area (Å²) in [6.45, 7) is 3.30. The molecule has 6 heteroatoms. The Bertz CT molecular complexity index is 904. The number of hydrogen-bond donors (Lipinski definition) is 0. The Hall–Kier alpha value is -2.34. The summed E-state index contributed by atoms with van der Waals surface area (Å²) in [6, 6.07) is 17.8. The van der Waals surface area contributed by atoms with E-state index in [4.69, 9.17) is 4.74 Å². The summed E-state index contributed by atoms with van der Waals surface area (Å²) < 4.78 is 31.3. The number of carbonyl (C=O) groups is 1. The van der Waals surface area contributed by atoms with Gasteiger partial charge >= 0.3 is 6.09 Å². The van der Waals surface area contributed by atoms with Crippen LogP contribution in [0.25, 0.3) is 0 Å². The first kappa shape index (κ1) is 21.4. The lowest BCUT2D eigenvalue weighted by atomic mass is 9.94. The lowest BCUT2D eigenvalue weighted by molar-refractivity contribution is 0.0580. The van der Waals surface area contributed by atoms with Gasteiger partial charge < -0.3 is 4.74 Å². The molecular formula is C23H29NO4S. The van der Waals surface area contributed by atoms with Gasteiger partial charge in [-0.05, 0) is 51.0 Å². The van der Waals surface area contributed by atoms with E-state index in [9.17, 15) is 13.2 Å². The van der Waals surface area contributed by atoms with Gasteiger partial charge in [0.1, 0.15) is 5.60 Å². The molecule has 156 valence electrons. The Labute approximate surface area is 173 Å². The molecule has 1 amide bonds. The maximum Gasteiger partial charge on any atom is 0.415 e. The summed E-state index contributed by atoms with van der Waals surface area (Å²) in [5.74, 6) is -0.275. The van der Waals surface area contributed by atoms with Crippen molar-refractivity contribution in [3.8, 4) is 0 Å². The van der Waals surface area contributed by atoms with Gasteiger partial charge in [0.25, 0.3) is 0 Å². The Morgan fingerprint density at radius 2 is 1.52 bits per heavy atom. The van der Waals surface area contributed by atoms with Crippen LogP contribution in [0.3, 0.4) is 0 Å². The standard InChI is InChI=1S/C23H29NO4S/c1-23(2,18-29(26,27)21-16-10-5-11-17-21)28-22(25)24(19-12-6-3-7-13-19)20-14-8-4-9-15-20/h3,5-7,10-13,16-17,20H,4,8-9,14-15,18H2,1-2H3. The first-order chi connectivity index (χ1) is 13.8. The Morgan fingerprint density at radius 3 is 2.10 bits per heavy atom. The van der Waals surface area contributed by atoms with E-state index in [1.54, 1.807) is 49.1 Å². The van der Waals surface area contributed by atoms with Gasteiger partial charge in [-0.3, -0.25) is 4.90 Å². The third-order valence-electron chi connectivity index (χ3n) is 5.17. The molecular weight excluding hydrogens is 386 g/mol. The molecule has 1 aliphatic rings. The van der Waals surface area contributed by atoms with Gasteiger partial charge in [0, 0.05) is 11.7 Å². The van der Waals surface area contributed by atoms with Crippen LogP contribution in [0, 0.1) is 0 Å². The predicted octanol–water partition coefficient (Wildman–Crippen LogP) is 5.21. The van der Waals surface area contributed by atoms with Crippen molar-refractivity contribution in [1.82, 2.24) is 0 Å². The second-order valence-electron chi connectivity index (χ2n) is 8.20. The fourth-order valence-electron chi connectivity index (χ4n) is 3.88. The number of anilines is 1. The fourth-order valence-corrected chi connectivity index (χ4v) is 5.59. The lowest BCUT2D eigenvalue weighted by Gasteiger charge is -2.36. The molecule has 0 radical (unpaired) electrons. The van der Waals surface area contributed by atoms with E-state index in [-0.39, 0.29) is 16.7 Å². The molecule has 2 aromatic rings. The first-order valence-corrected chi connectivity index (χ1v) is 11.8. The molecule has 1 saturated carbocycles. The van der Waals surface area contributed by atoms with Crippen molar-refractivity contribution in [2.45, 2.75) is 62.5 Å². The lowest BCUT2D eigenvalue weighted by Crippen LogP contribution is -2.46. The van der Waals surface area contributed by atoms with E-state index in [2.05, 4.69) is 0 Å². The van der Waals surface area contributed by atoms with E-state index < -0.39 is 21.5 Å². The molecule has 0 N–H and O–H groups in total. The molecule has 2 aromatic carbocycles. The minimum atomic E-state index is -3.57. The first-order valence-electron chi connectivity index (χ1n) is 10.1. The largest absolute Gasteiger partial charge is 0.442 e. The summed E-state index contributed by atoms with van der Waals surface area (Å²) in [5, 5.41) is 0. The van der Waals surface area contributed by atoms with Crippen molar-refractivity contribution in [3.63, 3.8) is 0 Å². The molecule has 29 heavy (non-hydrogen) atoms. The molecule has 0 heterocycles. The van der Waals surface area contributed by atoms with Gasteiger partial charge in [-0.2, -0.15) is 0 Å². The van der Waals surface area contributed by atoms with Crippen LogP contribution < -0.4 is 4.90 Å². The minimum absolute atomic E-state index is 0.0696. The van der Waals surface area contributed by atoms with E-state index in [0.717, 1.165) is 31.4 Å². The number of para-hydroxylation sites is 1. The number of ether oxygens (including phenoxy) is 1. The third kappa shape index (κ3) is 5.60. The van der Waals surface area contributed by atoms with Crippen molar-refractivity contribution < 1.29 is 17.9 Å². The quantitative estimate of drug-likeness (QED) is 0.649. The normalized spacial score (nSPS) is 15.7. The number of rotatable bonds is 6. The van der Waals surface area contributed by atoms with Gasteiger partial charge in [-0.15, -0.1) is 0 Å². The summed E-state index contributed by atoms with van der Waals surface area (Å²) in [5.41, 5.74) is -0.376. The second-order valence-corrected chi connectivity index (χ2v) is 10.2. The van der Waals surface area contributed by atoms with Crippen molar-refractivity contribution in [3.05, 3.63) is 60.7 Å². The van der Waals surface area contributed by atoms with Gasteiger partial charge in [0.2, 0.25) is 0 Å². The highest BCUT2D eigenvalue weighted by atomic mass is 32.2. The van der Waals surface area contributed by atoms with Crippen LogP contribution in [0.4, 0.5) is 10.5 Å². The number of amides is 1. The molecule has 0 aromatic heterocycles. The number of benzene rings is 2. The van der Waals surface area contributed by atoms with Crippen molar-refractivity contribution in [1.29, 1.82) is 0 Å². The topological polar surface area (TPSA) is 63.7 Å². The summed E-state index contributed by atoms with van der Waals surface area (Å²) in [6.07, 6.45) is 4.69. The number of nitrogens with zero attached hydrogens (tertiary/aromatic N) is 1. The molecule has 0 spiro atoms. The molecule has 0 atom stereocenters. The SMILES string of the molecule is CC(C)(CS(=O)(=O)c1ccccc1)OC(=O)N(c1ccccc1)C1CCCCC1. The second kappa shape index (κ2) is 8.99. The van der Waals surface area contributed by atoms with E-state index >= 15 is 0 Å². The summed E-state index contributed by atoms with van der Waals surface area (Å²) in [4.78, 5) is 15.1. The number of carbonyl (C=O) groups excluding carboxylic acids is 1. The van der Waals surface area contributed by atoms with E-state index in [1.807, 2.05) is 30.3 Å². The molecule has 0 saturated heterocycles. The maximum absolute atomic E-state index is 13.2. The Kier molecular flexibility index (Phi) is 6.63. The van der Waals surface area contributed by atoms with Crippen LogP contribution >= 0.6 is 0 Å². The average molecular weight is 416 g/mol. The molecule has 3 rings (SSSR count). The zero-order chi connectivity index (χ0) is 20.9. The third-order valence-corrected chi connectivity index (χ3v) is 7.24. The Morgan fingerprint density at radius 1 is 0.966 bits per heavy atom. The summed E-state index contributed by atoms with van der Waals surface area (Å²) in [7, 11) is -3.57. The van der Waals surface area contributed by atoms with Crippen LogP contribution in [0.15, 0.2) is 65.6 Å². The zero-order valence-electron chi connectivity index (χ0n) is 17.1. The highest BCUT2D eigenvalue weighted by Gasteiger charge is 2.35. The number of hydrogen-bond acceptors (Lipinski definition) is 4. The molecule has 0 aliphatic heterocycles. The molecule has 1 fully saturated rings. The van der Waals surface area contributed by atoms with Crippen LogP contribution in [0.5, 0.6) is 0 Å². The van der Waals surface area contributed by atoms with Gasteiger partial charge in [-0.25, -0.2) is 13.2 Å². The predicted molar refractivity (Wildman–Crippen MR) is 115 cm³/mol. The highest BCUT2D eigenvalue weighted by Crippen LogP contribution is 2.29. The maximum atomic E-state index is 13.2. The fraction of sp³-hybridized carbons (Fsp3) is 0.435. The van der Waals surface area contributed by atoms with Crippen LogP contribution in [-0.4, -0.2) is 31.9 Å². The van der Waals surface area contributed by atoms with Gasteiger partial charge in [0.15, 0.2) is 9.84 Å². The van der Waals surface area contributed by atoms with Gasteiger partial charge in [-0.1, -0.05) is 55.7 Å². The van der Waals surface area contributed by atoms with E-state index in [0.29, 0.717) is 0 Å². The van der Waals surface area contributed by atoms with Gasteiger partial charge in [0.05, 0.1) is 10.6 Å². The number of sulfone groups is 1. The smallest absolute Gasteiger partial charge is 0.415 e. The minimum Gasteiger partial charge on any atom is -0.442 e. The molecule has 1 aliphatic carbocycles. The van der Waals surface area contributed by atoms with Crippen molar-refractivity contribution >= 4 is 21.6 Å². The molecule has 5 nitrogen and oxygen atoms in total. The van der Waals surface area contributed by atoms with Crippen LogP contribution in [0.1, 0.15) is 46.0 Å². The average Bonchev–Trinajstić information content (AvgIpc) is 2.69. The van der Waals surface area contributed by atoms with Crippen molar-refractivity contribution in [2.24, 2.45) is 0 Å². The summed E-state index contributed by atoms with van der Waals surface area (Å²) >= 11 is 0. The molecule has 0 bridgehead atoms. The molecule has 0 unspecified atom stereocenters.